The average molecular weight is 438 g/mol. The monoisotopic (exact) mass is 438 g/mol. The van der Waals surface area contributed by atoms with Crippen LogP contribution in [0.4, 0.5) is 4.39 Å². The molecule has 0 atom stereocenters. The van der Waals surface area contributed by atoms with Gasteiger partial charge in [0, 0.05) is 22.7 Å². The Morgan fingerprint density at radius 2 is 1.74 bits per heavy atom. The highest BCUT2D eigenvalue weighted by Crippen LogP contribution is 2.38. The first kappa shape index (κ1) is 20.6. The third-order valence-corrected chi connectivity index (χ3v) is 5.52. The number of rotatable bonds is 7. The van der Waals surface area contributed by atoms with Crippen molar-refractivity contribution in [1.29, 1.82) is 0 Å². The maximum absolute atomic E-state index is 13.4. The van der Waals surface area contributed by atoms with Crippen molar-refractivity contribution >= 4 is 28.2 Å². The zero-order valence-electron chi connectivity index (χ0n) is 17.1. The molecule has 0 spiro atoms. The Kier molecular flexibility index (Phi) is 5.73. The number of imidazole rings is 1. The van der Waals surface area contributed by atoms with Gasteiger partial charge in [-0.3, -0.25) is 9.20 Å². The number of methoxy groups -OCH3 is 3. The van der Waals surface area contributed by atoms with Crippen molar-refractivity contribution in [3.8, 4) is 28.5 Å². The molecule has 0 N–H and O–H groups in total. The standard InChI is InChI=1S/C23H19FN2O4S/c1-28-19-12-15(13-20(29-2)22(19)30-3)18(27)9-8-17-21(14-4-6-16(24)7-5-14)25-23-26(17)10-11-31-23/h4-13H,1-3H3. The van der Waals surface area contributed by atoms with E-state index in [1.807, 2.05) is 16.0 Å². The van der Waals surface area contributed by atoms with Gasteiger partial charge in [0.25, 0.3) is 0 Å². The molecule has 2 aromatic carbocycles. The third kappa shape index (κ3) is 3.89. The number of fused-ring (bicyclic) bond motifs is 1. The summed E-state index contributed by atoms with van der Waals surface area (Å²) in [6.07, 6.45) is 5.05. The lowest BCUT2D eigenvalue weighted by molar-refractivity contribution is 0.104. The SMILES string of the molecule is COc1cc(C(=O)C=Cc2c(-c3ccc(F)cc3)nc3sccn23)cc(OC)c1OC. The number of benzene rings is 2. The maximum atomic E-state index is 13.4. The van der Waals surface area contributed by atoms with Crippen LogP contribution < -0.4 is 14.2 Å². The van der Waals surface area contributed by atoms with Gasteiger partial charge in [0.05, 0.1) is 32.7 Å². The zero-order chi connectivity index (χ0) is 22.0. The summed E-state index contributed by atoms with van der Waals surface area (Å²) >= 11 is 1.48. The summed E-state index contributed by atoms with van der Waals surface area (Å²) in [7, 11) is 4.50. The van der Waals surface area contributed by atoms with Crippen LogP contribution in [-0.2, 0) is 0 Å². The van der Waals surface area contributed by atoms with Gasteiger partial charge in [-0.2, -0.15) is 0 Å². The van der Waals surface area contributed by atoms with Gasteiger partial charge in [-0.1, -0.05) is 0 Å². The van der Waals surface area contributed by atoms with E-state index in [9.17, 15) is 9.18 Å². The molecule has 31 heavy (non-hydrogen) atoms. The molecule has 0 saturated heterocycles. The van der Waals surface area contributed by atoms with E-state index in [0.717, 1.165) is 16.2 Å². The predicted octanol–water partition coefficient (Wildman–Crippen LogP) is 5.12. The average Bonchev–Trinajstić information content (AvgIpc) is 3.38. The van der Waals surface area contributed by atoms with Crippen LogP contribution in [0, 0.1) is 5.82 Å². The summed E-state index contributed by atoms with van der Waals surface area (Å²) in [6.45, 7) is 0. The number of hydrogen-bond donors (Lipinski definition) is 0. The van der Waals surface area contributed by atoms with Gasteiger partial charge in [0.2, 0.25) is 5.75 Å². The van der Waals surface area contributed by atoms with Crippen LogP contribution in [0.5, 0.6) is 17.2 Å². The summed E-state index contributed by atoms with van der Waals surface area (Å²) in [4.78, 5) is 18.3. The molecule has 0 aliphatic rings. The fourth-order valence-electron chi connectivity index (χ4n) is 3.26. The Bertz CT molecular complexity index is 1250. The van der Waals surface area contributed by atoms with Crippen molar-refractivity contribution in [2.24, 2.45) is 0 Å². The molecule has 0 fully saturated rings. The molecule has 0 saturated carbocycles. The lowest BCUT2D eigenvalue weighted by Crippen LogP contribution is -2.00. The number of allylic oxidation sites excluding steroid dienone is 1. The molecule has 0 amide bonds. The summed E-state index contributed by atoms with van der Waals surface area (Å²) < 4.78 is 31.2. The van der Waals surface area contributed by atoms with Gasteiger partial charge in [-0.25, -0.2) is 9.37 Å². The van der Waals surface area contributed by atoms with E-state index in [1.165, 1.54) is 50.9 Å². The lowest BCUT2D eigenvalue weighted by Gasteiger charge is -2.13. The first-order chi connectivity index (χ1) is 15.0. The fourth-order valence-corrected chi connectivity index (χ4v) is 3.98. The minimum Gasteiger partial charge on any atom is -0.493 e. The van der Waals surface area contributed by atoms with Gasteiger partial charge in [-0.15, -0.1) is 11.3 Å². The second kappa shape index (κ2) is 8.61. The molecular formula is C23H19FN2O4S. The fraction of sp³-hybridized carbons (Fsp3) is 0.130. The molecule has 0 unspecified atom stereocenters. The van der Waals surface area contributed by atoms with Crippen LogP contribution in [0.1, 0.15) is 16.1 Å². The van der Waals surface area contributed by atoms with Gasteiger partial charge < -0.3 is 14.2 Å². The number of aromatic nitrogens is 2. The quantitative estimate of drug-likeness (QED) is 0.296. The zero-order valence-corrected chi connectivity index (χ0v) is 17.9. The Labute approximate surface area is 182 Å². The first-order valence-corrected chi connectivity index (χ1v) is 10.2. The number of thiazole rings is 1. The molecule has 0 aliphatic heterocycles. The smallest absolute Gasteiger partial charge is 0.203 e. The van der Waals surface area contributed by atoms with Crippen LogP contribution >= 0.6 is 11.3 Å². The third-order valence-electron chi connectivity index (χ3n) is 4.76. The number of ketones is 1. The Morgan fingerprint density at radius 3 is 2.35 bits per heavy atom. The number of hydrogen-bond acceptors (Lipinski definition) is 6. The van der Waals surface area contributed by atoms with Crippen LogP contribution in [-0.4, -0.2) is 36.5 Å². The number of carbonyl (C=O) groups is 1. The van der Waals surface area contributed by atoms with Crippen LogP contribution in [0.15, 0.2) is 54.1 Å². The van der Waals surface area contributed by atoms with Crippen molar-refractivity contribution < 1.29 is 23.4 Å². The van der Waals surface area contributed by atoms with Crippen LogP contribution in [0.25, 0.3) is 22.3 Å². The van der Waals surface area contributed by atoms with Gasteiger partial charge in [0.1, 0.15) is 5.82 Å². The molecule has 2 heterocycles. The summed E-state index contributed by atoms with van der Waals surface area (Å²) in [5, 5.41) is 1.91. The topological polar surface area (TPSA) is 62.1 Å². The predicted molar refractivity (Wildman–Crippen MR) is 118 cm³/mol. The number of nitrogens with zero attached hydrogens (tertiary/aromatic N) is 2. The van der Waals surface area contributed by atoms with E-state index in [1.54, 1.807) is 30.3 Å². The number of ether oxygens (including phenoxy) is 3. The second-order valence-corrected chi connectivity index (χ2v) is 7.39. The van der Waals surface area contributed by atoms with Crippen LogP contribution in [0.3, 0.4) is 0 Å². The number of halogens is 1. The molecule has 2 aromatic heterocycles. The van der Waals surface area contributed by atoms with E-state index >= 15 is 0 Å². The van der Waals surface area contributed by atoms with E-state index in [-0.39, 0.29) is 11.6 Å². The van der Waals surface area contributed by atoms with E-state index in [0.29, 0.717) is 28.5 Å². The minimum absolute atomic E-state index is 0.241. The molecule has 4 rings (SSSR count). The summed E-state index contributed by atoms with van der Waals surface area (Å²) in [5.41, 5.74) is 2.54. The Balaban J connectivity index is 1.74. The van der Waals surface area contributed by atoms with E-state index < -0.39 is 0 Å². The Hall–Kier alpha value is -3.65. The molecule has 158 valence electrons. The largest absolute Gasteiger partial charge is 0.493 e. The molecule has 0 radical (unpaired) electrons. The summed E-state index contributed by atoms with van der Waals surface area (Å²) in [6, 6.07) is 9.31. The highest BCUT2D eigenvalue weighted by Gasteiger charge is 2.17. The maximum Gasteiger partial charge on any atom is 0.203 e. The van der Waals surface area contributed by atoms with Gasteiger partial charge in [0.15, 0.2) is 22.2 Å². The van der Waals surface area contributed by atoms with Gasteiger partial charge >= 0.3 is 0 Å². The van der Waals surface area contributed by atoms with Crippen LogP contribution in [0.2, 0.25) is 0 Å². The highest BCUT2D eigenvalue weighted by molar-refractivity contribution is 7.15. The lowest BCUT2D eigenvalue weighted by atomic mass is 10.1. The second-order valence-electron chi connectivity index (χ2n) is 6.52. The Morgan fingerprint density at radius 1 is 1.06 bits per heavy atom. The van der Waals surface area contributed by atoms with E-state index in [4.69, 9.17) is 14.2 Å². The van der Waals surface area contributed by atoms with Gasteiger partial charge in [-0.05, 0) is 48.6 Å². The summed E-state index contributed by atoms with van der Waals surface area (Å²) in [5.74, 6) is 0.652. The molecule has 6 nitrogen and oxygen atoms in total. The molecule has 4 aromatic rings. The van der Waals surface area contributed by atoms with Crippen molar-refractivity contribution in [1.82, 2.24) is 9.38 Å². The molecule has 8 heteroatoms. The first-order valence-electron chi connectivity index (χ1n) is 9.29. The minimum atomic E-state index is -0.320. The van der Waals surface area contributed by atoms with E-state index in [2.05, 4.69) is 4.98 Å². The number of carbonyl (C=O) groups excluding carboxylic acids is 1. The van der Waals surface area contributed by atoms with Crippen molar-refractivity contribution in [3.63, 3.8) is 0 Å². The highest BCUT2D eigenvalue weighted by atomic mass is 32.1. The van der Waals surface area contributed by atoms with Crippen molar-refractivity contribution in [2.45, 2.75) is 0 Å². The normalized spacial score (nSPS) is 11.2. The molecule has 0 bridgehead atoms. The van der Waals surface area contributed by atoms with Crippen molar-refractivity contribution in [2.75, 3.05) is 21.3 Å². The van der Waals surface area contributed by atoms with Crippen molar-refractivity contribution in [3.05, 3.63) is 71.1 Å². The molecule has 0 aliphatic carbocycles. The molecular weight excluding hydrogens is 419 g/mol.